The first-order valence-electron chi connectivity index (χ1n) is 20.6. The normalized spacial score (nSPS) is 14.3. The molecule has 0 radical (unpaired) electrons. The number of nitrogens with two attached hydrogens (primary N) is 1. The number of halogens is 6. The molecule has 4 aromatic heterocycles. The summed E-state index contributed by atoms with van der Waals surface area (Å²) in [7, 11) is 0. The SMILES string of the molecule is CC(C)C[C@@](C)(COc1ccc(-c2ccnc3cc[nH]c23)cc1C(F)(F)F)NC(=O)OC(C)(C)C.CC(C)C[C@](C)(N)COc1ccc(-c2ccnc3cc[nH]c23)cc1C(F)(F)F. The predicted octanol–water partition coefficient (Wildman–Crippen LogP) is 12.3. The van der Waals surface area contributed by atoms with Gasteiger partial charge in [0.15, 0.2) is 0 Å². The molecule has 10 nitrogen and oxygen atoms in total. The number of rotatable bonds is 13. The van der Waals surface area contributed by atoms with E-state index in [1.807, 2.05) is 27.7 Å². The van der Waals surface area contributed by atoms with E-state index in [-0.39, 0.29) is 30.6 Å². The standard InChI is InChI=1S/C26H32F3N3O3.C21H24F3N3O/c1-16(2)14-25(6,32-23(33)35-24(3,4)5)15-34-21-8-7-17(13-19(21)26(27,28)29)18-9-11-30-20-10-12-31-22(18)20;1-13(2)11-20(3,25)12-28-18-5-4-14(10-16(18)21(22,23)24)15-6-8-26-17-7-9-27-19(15)17/h7-13,16,31H,14-15H2,1-6H3,(H,32,33);4-10,13,27H,11-12,25H2,1-3H3/t25-;20-/m00/s1. The van der Waals surface area contributed by atoms with E-state index < -0.39 is 46.3 Å². The monoisotopic (exact) mass is 882 g/mol. The molecule has 340 valence electrons. The highest BCUT2D eigenvalue weighted by Gasteiger charge is 2.38. The van der Waals surface area contributed by atoms with Crippen molar-refractivity contribution in [1.82, 2.24) is 25.3 Å². The molecular formula is C47H56F6N6O4. The van der Waals surface area contributed by atoms with E-state index in [2.05, 4.69) is 25.3 Å². The summed E-state index contributed by atoms with van der Waals surface area (Å²) < 4.78 is 99.8. The molecule has 0 bridgehead atoms. The maximum Gasteiger partial charge on any atom is 0.419 e. The molecule has 0 saturated heterocycles. The van der Waals surface area contributed by atoms with Gasteiger partial charge in [0.25, 0.3) is 0 Å². The van der Waals surface area contributed by atoms with Gasteiger partial charge in [-0.05, 0) is 119 Å². The van der Waals surface area contributed by atoms with Crippen molar-refractivity contribution < 1.29 is 45.3 Å². The number of H-pyrrole nitrogens is 2. The minimum absolute atomic E-state index is 0.00371. The zero-order valence-electron chi connectivity index (χ0n) is 36.9. The fourth-order valence-electron chi connectivity index (χ4n) is 7.56. The summed E-state index contributed by atoms with van der Waals surface area (Å²) in [5.41, 5.74) is 6.88. The number of carbonyl (C=O) groups excluding carboxylic acids is 1. The van der Waals surface area contributed by atoms with Gasteiger partial charge in [-0.2, -0.15) is 26.3 Å². The summed E-state index contributed by atoms with van der Waals surface area (Å²) in [6.07, 6.45) is -2.17. The molecule has 0 aliphatic heterocycles. The number of aromatic amines is 2. The molecule has 63 heavy (non-hydrogen) atoms. The highest BCUT2D eigenvalue weighted by Crippen LogP contribution is 2.42. The van der Waals surface area contributed by atoms with Gasteiger partial charge >= 0.3 is 18.4 Å². The van der Waals surface area contributed by atoms with Crippen LogP contribution in [0.1, 0.15) is 86.3 Å². The largest absolute Gasteiger partial charge is 0.491 e. The lowest BCUT2D eigenvalue weighted by molar-refractivity contribution is -0.139. The molecule has 1 amide bonds. The Hall–Kier alpha value is -5.77. The minimum atomic E-state index is -4.64. The van der Waals surface area contributed by atoms with Gasteiger partial charge in [0.2, 0.25) is 0 Å². The molecule has 0 aliphatic rings. The van der Waals surface area contributed by atoms with E-state index >= 15 is 0 Å². The number of hydrogen-bond donors (Lipinski definition) is 4. The number of alkyl carbamates (subject to hydrolysis) is 1. The summed E-state index contributed by atoms with van der Waals surface area (Å²) in [6.45, 7) is 16.5. The lowest BCUT2D eigenvalue weighted by Crippen LogP contribution is -2.52. The number of benzene rings is 2. The Bertz CT molecular complexity index is 2480. The number of nitrogens with one attached hydrogen (secondary N) is 3. The molecule has 0 aliphatic carbocycles. The Balaban J connectivity index is 0.000000243. The number of aromatic nitrogens is 4. The predicted molar refractivity (Wildman–Crippen MR) is 233 cm³/mol. The third-order valence-corrected chi connectivity index (χ3v) is 9.73. The van der Waals surface area contributed by atoms with E-state index in [9.17, 15) is 31.1 Å². The number of pyridine rings is 2. The lowest BCUT2D eigenvalue weighted by Gasteiger charge is -2.33. The van der Waals surface area contributed by atoms with Gasteiger partial charge in [0.1, 0.15) is 30.3 Å². The highest BCUT2D eigenvalue weighted by atomic mass is 19.4. The lowest BCUT2D eigenvalue weighted by atomic mass is 9.91. The van der Waals surface area contributed by atoms with Crippen molar-refractivity contribution in [3.8, 4) is 33.8 Å². The van der Waals surface area contributed by atoms with Crippen LogP contribution < -0.4 is 20.5 Å². The molecule has 0 spiro atoms. The number of amides is 1. The van der Waals surface area contributed by atoms with E-state index in [1.165, 1.54) is 12.1 Å². The molecule has 16 heteroatoms. The fraction of sp³-hybridized carbons (Fsp3) is 0.426. The molecule has 5 N–H and O–H groups in total. The van der Waals surface area contributed by atoms with E-state index in [1.54, 1.807) is 95.8 Å². The maximum atomic E-state index is 14.0. The number of alkyl halides is 6. The minimum Gasteiger partial charge on any atom is -0.491 e. The molecule has 2 aromatic carbocycles. The van der Waals surface area contributed by atoms with Crippen molar-refractivity contribution in [3.05, 3.63) is 96.6 Å². The van der Waals surface area contributed by atoms with Crippen LogP contribution in [-0.4, -0.2) is 55.9 Å². The third-order valence-electron chi connectivity index (χ3n) is 9.73. The van der Waals surface area contributed by atoms with Crippen LogP contribution in [0.3, 0.4) is 0 Å². The zero-order chi connectivity index (χ0) is 46.5. The van der Waals surface area contributed by atoms with Crippen molar-refractivity contribution in [2.24, 2.45) is 17.6 Å². The van der Waals surface area contributed by atoms with Crippen LogP contribution in [0, 0.1) is 11.8 Å². The van der Waals surface area contributed by atoms with Crippen LogP contribution in [0.15, 0.2) is 85.5 Å². The van der Waals surface area contributed by atoms with Crippen LogP contribution in [0.25, 0.3) is 44.3 Å². The third kappa shape index (κ3) is 13.1. The molecule has 0 saturated carbocycles. The average Bonchev–Trinajstić information content (AvgIpc) is 3.84. The van der Waals surface area contributed by atoms with Crippen molar-refractivity contribution in [3.63, 3.8) is 0 Å². The molecule has 2 atom stereocenters. The van der Waals surface area contributed by atoms with Gasteiger partial charge in [-0.15, -0.1) is 0 Å². The molecule has 0 fully saturated rings. The van der Waals surface area contributed by atoms with Gasteiger partial charge in [-0.25, -0.2) is 4.79 Å². The van der Waals surface area contributed by atoms with Gasteiger partial charge in [0.05, 0.1) is 38.7 Å². The van der Waals surface area contributed by atoms with Crippen molar-refractivity contribution >= 4 is 28.2 Å². The Morgan fingerprint density at radius 1 is 0.667 bits per heavy atom. The molecular weight excluding hydrogens is 827 g/mol. The summed E-state index contributed by atoms with van der Waals surface area (Å²) in [5, 5.41) is 2.79. The second-order valence-electron chi connectivity index (χ2n) is 18.2. The number of hydrogen-bond acceptors (Lipinski definition) is 7. The summed E-state index contributed by atoms with van der Waals surface area (Å²) in [5.74, 6) is -0.0525. The zero-order valence-corrected chi connectivity index (χ0v) is 36.9. The Morgan fingerprint density at radius 2 is 1.11 bits per heavy atom. The van der Waals surface area contributed by atoms with E-state index in [4.69, 9.17) is 19.9 Å². The summed E-state index contributed by atoms with van der Waals surface area (Å²) >= 11 is 0. The van der Waals surface area contributed by atoms with E-state index in [0.717, 1.165) is 12.1 Å². The van der Waals surface area contributed by atoms with Gasteiger partial charge in [-0.1, -0.05) is 39.8 Å². The highest BCUT2D eigenvalue weighted by molar-refractivity contribution is 5.92. The average molecular weight is 883 g/mol. The van der Waals surface area contributed by atoms with Crippen molar-refractivity contribution in [2.45, 2.75) is 104 Å². The first kappa shape index (κ1) is 48.3. The molecule has 6 aromatic rings. The van der Waals surface area contributed by atoms with Crippen LogP contribution in [0.5, 0.6) is 11.5 Å². The number of carbonyl (C=O) groups is 1. The van der Waals surface area contributed by atoms with Gasteiger partial charge in [-0.3, -0.25) is 9.97 Å². The van der Waals surface area contributed by atoms with Crippen LogP contribution in [0.4, 0.5) is 31.1 Å². The van der Waals surface area contributed by atoms with E-state index in [0.29, 0.717) is 63.1 Å². The van der Waals surface area contributed by atoms with Crippen LogP contribution >= 0.6 is 0 Å². The summed E-state index contributed by atoms with van der Waals surface area (Å²) in [6, 6.07) is 15.0. The number of ether oxygens (including phenoxy) is 3. The second-order valence-corrected chi connectivity index (χ2v) is 18.2. The molecule has 4 heterocycles. The van der Waals surface area contributed by atoms with Crippen LogP contribution in [-0.2, 0) is 17.1 Å². The Kier molecular flexibility index (Phi) is 14.5. The van der Waals surface area contributed by atoms with Gasteiger partial charge < -0.3 is 35.2 Å². The fourth-order valence-corrected chi connectivity index (χ4v) is 7.56. The summed E-state index contributed by atoms with van der Waals surface area (Å²) in [4.78, 5) is 26.9. The van der Waals surface area contributed by atoms with Crippen molar-refractivity contribution in [1.29, 1.82) is 0 Å². The topological polar surface area (TPSA) is 140 Å². The quantitative estimate of drug-likeness (QED) is 0.0847. The molecule has 0 unspecified atom stereocenters. The Morgan fingerprint density at radius 3 is 1.52 bits per heavy atom. The number of nitrogens with zero attached hydrogens (tertiary/aromatic N) is 2. The second kappa shape index (κ2) is 18.9. The first-order valence-corrected chi connectivity index (χ1v) is 20.6. The maximum absolute atomic E-state index is 14.0. The number of fused-ring (bicyclic) bond motifs is 2. The van der Waals surface area contributed by atoms with Crippen LogP contribution in [0.2, 0.25) is 0 Å². The first-order chi connectivity index (χ1) is 29.2. The molecule has 6 rings (SSSR count). The Labute approximate surface area is 363 Å². The smallest absolute Gasteiger partial charge is 0.419 e. The van der Waals surface area contributed by atoms with Gasteiger partial charge in [0, 0.05) is 41.5 Å². The van der Waals surface area contributed by atoms with Crippen molar-refractivity contribution in [2.75, 3.05) is 13.2 Å².